The molecule has 0 aliphatic rings. The molecule has 0 saturated heterocycles. The zero-order valence-electron chi connectivity index (χ0n) is 11.8. The van der Waals surface area contributed by atoms with E-state index in [9.17, 15) is 4.79 Å². The molecule has 2 amide bonds. The molecule has 3 rings (SSSR count). The first-order valence-electron chi connectivity index (χ1n) is 6.92. The van der Waals surface area contributed by atoms with Crippen molar-refractivity contribution >= 4 is 22.6 Å². The zero-order chi connectivity index (χ0) is 14.7. The molecule has 0 bridgehead atoms. The number of aromatic nitrogens is 1. The Hall–Kier alpha value is -2.75. The number of anilines is 1. The summed E-state index contributed by atoms with van der Waals surface area (Å²) >= 11 is 0. The SMILES string of the molecule is CC(NC(=O)Nc1c[nH]c2ccccc12)c1ccccc1. The van der Waals surface area contributed by atoms with Crippen LogP contribution < -0.4 is 10.6 Å². The Kier molecular flexibility index (Phi) is 3.60. The predicted molar refractivity (Wildman–Crippen MR) is 85.3 cm³/mol. The van der Waals surface area contributed by atoms with Gasteiger partial charge in [0.1, 0.15) is 0 Å². The number of nitrogens with one attached hydrogen (secondary N) is 3. The number of rotatable bonds is 3. The number of urea groups is 1. The first kappa shape index (κ1) is 13.2. The molecule has 1 aromatic heterocycles. The fourth-order valence-corrected chi connectivity index (χ4v) is 2.36. The predicted octanol–water partition coefficient (Wildman–Crippen LogP) is 4.05. The van der Waals surface area contributed by atoms with Crippen molar-refractivity contribution in [2.75, 3.05) is 5.32 Å². The number of hydrogen-bond acceptors (Lipinski definition) is 1. The van der Waals surface area contributed by atoms with Crippen molar-refractivity contribution in [3.05, 3.63) is 66.4 Å². The van der Waals surface area contributed by atoms with E-state index in [1.54, 1.807) is 6.20 Å². The molecule has 1 unspecified atom stereocenters. The van der Waals surface area contributed by atoms with E-state index in [-0.39, 0.29) is 12.1 Å². The van der Waals surface area contributed by atoms with Gasteiger partial charge in [-0.25, -0.2) is 4.79 Å². The zero-order valence-corrected chi connectivity index (χ0v) is 11.8. The van der Waals surface area contributed by atoms with Crippen LogP contribution >= 0.6 is 0 Å². The lowest BCUT2D eigenvalue weighted by Crippen LogP contribution is -2.31. The van der Waals surface area contributed by atoms with Gasteiger partial charge in [-0.3, -0.25) is 0 Å². The van der Waals surface area contributed by atoms with Gasteiger partial charge in [0, 0.05) is 17.1 Å². The average molecular weight is 279 g/mol. The fraction of sp³-hybridized carbons (Fsp3) is 0.118. The van der Waals surface area contributed by atoms with E-state index in [1.165, 1.54) is 0 Å². The molecule has 0 saturated carbocycles. The lowest BCUT2D eigenvalue weighted by Gasteiger charge is -2.14. The van der Waals surface area contributed by atoms with E-state index in [0.29, 0.717) is 0 Å². The Morgan fingerprint density at radius 1 is 1.05 bits per heavy atom. The second-order valence-corrected chi connectivity index (χ2v) is 4.98. The molecule has 21 heavy (non-hydrogen) atoms. The van der Waals surface area contributed by atoms with Gasteiger partial charge in [0.15, 0.2) is 0 Å². The summed E-state index contributed by atoms with van der Waals surface area (Å²) in [5.41, 5.74) is 2.86. The lowest BCUT2D eigenvalue weighted by atomic mass is 10.1. The van der Waals surface area contributed by atoms with Gasteiger partial charge >= 0.3 is 6.03 Å². The van der Waals surface area contributed by atoms with E-state index in [2.05, 4.69) is 15.6 Å². The van der Waals surface area contributed by atoms with Gasteiger partial charge in [-0.15, -0.1) is 0 Å². The van der Waals surface area contributed by atoms with Crippen LogP contribution in [0.15, 0.2) is 60.8 Å². The Bertz CT molecular complexity index is 749. The van der Waals surface area contributed by atoms with Gasteiger partial charge in [-0.2, -0.15) is 0 Å². The highest BCUT2D eigenvalue weighted by molar-refractivity contribution is 6.01. The molecule has 0 radical (unpaired) electrons. The first-order valence-corrected chi connectivity index (χ1v) is 6.92. The van der Waals surface area contributed by atoms with Crippen molar-refractivity contribution in [3.63, 3.8) is 0 Å². The van der Waals surface area contributed by atoms with Crippen LogP contribution in [-0.4, -0.2) is 11.0 Å². The van der Waals surface area contributed by atoms with Gasteiger partial charge in [-0.05, 0) is 18.6 Å². The summed E-state index contributed by atoms with van der Waals surface area (Å²) in [6.45, 7) is 1.96. The summed E-state index contributed by atoms with van der Waals surface area (Å²) in [6.07, 6.45) is 1.80. The molecule has 4 heteroatoms. The molecule has 2 aromatic carbocycles. The molecule has 0 aliphatic heterocycles. The Balaban J connectivity index is 1.69. The number of amides is 2. The summed E-state index contributed by atoms with van der Waals surface area (Å²) in [5.74, 6) is 0. The minimum atomic E-state index is -0.212. The number of carbonyl (C=O) groups excluding carboxylic acids is 1. The smallest absolute Gasteiger partial charge is 0.319 e. The van der Waals surface area contributed by atoms with Crippen LogP contribution in [0, 0.1) is 0 Å². The summed E-state index contributed by atoms with van der Waals surface area (Å²) < 4.78 is 0. The topological polar surface area (TPSA) is 56.9 Å². The second kappa shape index (κ2) is 5.71. The summed E-state index contributed by atoms with van der Waals surface area (Å²) in [4.78, 5) is 15.2. The van der Waals surface area contributed by atoms with Crippen molar-refractivity contribution in [2.45, 2.75) is 13.0 Å². The molecule has 1 atom stereocenters. The highest BCUT2D eigenvalue weighted by atomic mass is 16.2. The van der Waals surface area contributed by atoms with Crippen LogP contribution in [0.25, 0.3) is 10.9 Å². The number of aromatic amines is 1. The molecule has 0 fully saturated rings. The standard InChI is InChI=1S/C17H17N3O/c1-12(13-7-3-2-4-8-13)19-17(21)20-16-11-18-15-10-6-5-9-14(15)16/h2-12,18H,1H3,(H2,19,20,21). The minimum Gasteiger partial charge on any atom is -0.359 e. The van der Waals surface area contributed by atoms with Crippen LogP contribution in [0.1, 0.15) is 18.5 Å². The van der Waals surface area contributed by atoms with Crippen LogP contribution in [0.3, 0.4) is 0 Å². The summed E-state index contributed by atoms with van der Waals surface area (Å²) in [7, 11) is 0. The normalized spacial score (nSPS) is 12.0. The van der Waals surface area contributed by atoms with E-state index in [4.69, 9.17) is 0 Å². The average Bonchev–Trinajstić information content (AvgIpc) is 2.91. The molecule has 4 nitrogen and oxygen atoms in total. The lowest BCUT2D eigenvalue weighted by molar-refractivity contribution is 0.249. The molecule has 0 spiro atoms. The number of benzene rings is 2. The third kappa shape index (κ3) is 2.89. The third-order valence-corrected chi connectivity index (χ3v) is 3.48. The van der Waals surface area contributed by atoms with Gasteiger partial charge in [0.2, 0.25) is 0 Å². The fourth-order valence-electron chi connectivity index (χ4n) is 2.36. The molecule has 3 N–H and O–H groups in total. The van der Waals surface area contributed by atoms with E-state index in [0.717, 1.165) is 22.2 Å². The number of H-pyrrole nitrogens is 1. The molecule has 106 valence electrons. The number of carbonyl (C=O) groups is 1. The molecule has 1 heterocycles. The van der Waals surface area contributed by atoms with Crippen LogP contribution in [-0.2, 0) is 0 Å². The summed E-state index contributed by atoms with van der Waals surface area (Å²) in [5, 5.41) is 6.82. The number of hydrogen-bond donors (Lipinski definition) is 3. The van der Waals surface area contributed by atoms with Crippen molar-refractivity contribution in [1.82, 2.24) is 10.3 Å². The van der Waals surface area contributed by atoms with E-state index < -0.39 is 0 Å². The van der Waals surface area contributed by atoms with Crippen LogP contribution in [0.2, 0.25) is 0 Å². The third-order valence-electron chi connectivity index (χ3n) is 3.48. The van der Waals surface area contributed by atoms with Gasteiger partial charge in [0.05, 0.1) is 11.7 Å². The number of para-hydroxylation sites is 1. The maximum atomic E-state index is 12.1. The van der Waals surface area contributed by atoms with Crippen molar-refractivity contribution in [1.29, 1.82) is 0 Å². The largest absolute Gasteiger partial charge is 0.359 e. The Labute approximate surface area is 123 Å². The molecular weight excluding hydrogens is 262 g/mol. The van der Waals surface area contributed by atoms with Crippen molar-refractivity contribution in [3.8, 4) is 0 Å². The number of fused-ring (bicyclic) bond motifs is 1. The highest BCUT2D eigenvalue weighted by Gasteiger charge is 2.11. The van der Waals surface area contributed by atoms with Gasteiger partial charge in [0.25, 0.3) is 0 Å². The van der Waals surface area contributed by atoms with E-state index >= 15 is 0 Å². The maximum absolute atomic E-state index is 12.1. The van der Waals surface area contributed by atoms with Crippen LogP contribution in [0.4, 0.5) is 10.5 Å². The Morgan fingerprint density at radius 2 is 1.76 bits per heavy atom. The molecule has 3 aromatic rings. The maximum Gasteiger partial charge on any atom is 0.319 e. The van der Waals surface area contributed by atoms with Gasteiger partial charge < -0.3 is 15.6 Å². The monoisotopic (exact) mass is 279 g/mol. The highest BCUT2D eigenvalue weighted by Crippen LogP contribution is 2.22. The molecule has 0 aliphatic carbocycles. The van der Waals surface area contributed by atoms with Crippen molar-refractivity contribution < 1.29 is 4.79 Å². The first-order chi connectivity index (χ1) is 10.2. The van der Waals surface area contributed by atoms with Crippen LogP contribution in [0.5, 0.6) is 0 Å². The summed E-state index contributed by atoms with van der Waals surface area (Å²) in [6, 6.07) is 17.5. The quantitative estimate of drug-likeness (QED) is 0.665. The van der Waals surface area contributed by atoms with E-state index in [1.807, 2.05) is 61.5 Å². The van der Waals surface area contributed by atoms with Crippen molar-refractivity contribution in [2.24, 2.45) is 0 Å². The second-order valence-electron chi connectivity index (χ2n) is 4.98. The minimum absolute atomic E-state index is 0.0450. The Morgan fingerprint density at radius 3 is 2.57 bits per heavy atom. The molecular formula is C17H17N3O. The van der Waals surface area contributed by atoms with Gasteiger partial charge in [-0.1, -0.05) is 48.5 Å².